The number of nitrogens with zero attached hydrogens (tertiary/aromatic N) is 1. The highest BCUT2D eigenvalue weighted by atomic mass is 32.2. The molecule has 2 aromatic rings. The fourth-order valence-corrected chi connectivity index (χ4v) is 4.44. The van der Waals surface area contributed by atoms with Crippen LogP contribution < -0.4 is 10.0 Å². The van der Waals surface area contributed by atoms with E-state index in [1.807, 2.05) is 0 Å². The third-order valence-corrected chi connectivity index (χ3v) is 6.36. The van der Waals surface area contributed by atoms with E-state index in [1.165, 1.54) is 26.0 Å². The van der Waals surface area contributed by atoms with Crippen molar-refractivity contribution in [1.82, 2.24) is 4.90 Å². The molecular weight excluding hydrogens is 409 g/mol. The third kappa shape index (κ3) is 5.28. The van der Waals surface area contributed by atoms with Crippen molar-refractivity contribution in [2.75, 3.05) is 36.3 Å². The number of aryl methyl sites for hydroxylation is 1. The Labute approximate surface area is 176 Å². The zero-order valence-electron chi connectivity index (χ0n) is 17.2. The number of rotatable bonds is 5. The minimum Gasteiger partial charge on any atom is -0.378 e. The lowest BCUT2D eigenvalue weighted by atomic mass is 10.00. The molecule has 0 aliphatic carbocycles. The summed E-state index contributed by atoms with van der Waals surface area (Å²) in [4.78, 5) is 14.0. The SMILES string of the molecule is Cc1cc(NC(=O)N2CCOCC2)ccc1S(=O)(=O)Nc1cccc(C(C)(C)F)c1. The van der Waals surface area contributed by atoms with Gasteiger partial charge >= 0.3 is 6.03 Å². The van der Waals surface area contributed by atoms with E-state index in [4.69, 9.17) is 4.74 Å². The van der Waals surface area contributed by atoms with Gasteiger partial charge in [-0.1, -0.05) is 12.1 Å². The molecular formula is C21H26FN3O4S. The number of urea groups is 1. The Morgan fingerprint density at radius 1 is 1.10 bits per heavy atom. The number of anilines is 2. The Bertz CT molecular complexity index is 1030. The first-order valence-corrected chi connectivity index (χ1v) is 11.1. The van der Waals surface area contributed by atoms with Crippen molar-refractivity contribution >= 4 is 27.4 Å². The van der Waals surface area contributed by atoms with E-state index in [-0.39, 0.29) is 16.6 Å². The van der Waals surface area contributed by atoms with Crippen LogP contribution in [0.4, 0.5) is 20.6 Å². The summed E-state index contributed by atoms with van der Waals surface area (Å²) in [5, 5.41) is 2.78. The van der Waals surface area contributed by atoms with Crippen LogP contribution in [0.3, 0.4) is 0 Å². The molecule has 9 heteroatoms. The van der Waals surface area contributed by atoms with Crippen molar-refractivity contribution in [2.45, 2.75) is 31.3 Å². The zero-order valence-corrected chi connectivity index (χ0v) is 18.1. The molecule has 1 aliphatic rings. The Hall–Kier alpha value is -2.65. The number of nitrogens with one attached hydrogen (secondary N) is 2. The molecule has 0 radical (unpaired) electrons. The Balaban J connectivity index is 1.76. The van der Waals surface area contributed by atoms with Gasteiger partial charge in [0.1, 0.15) is 5.67 Å². The van der Waals surface area contributed by atoms with Gasteiger partial charge in [0.2, 0.25) is 0 Å². The molecule has 0 spiro atoms. The highest BCUT2D eigenvalue weighted by molar-refractivity contribution is 7.92. The molecule has 0 atom stereocenters. The van der Waals surface area contributed by atoms with E-state index >= 15 is 0 Å². The number of alkyl halides is 1. The predicted molar refractivity (Wildman–Crippen MR) is 114 cm³/mol. The lowest BCUT2D eigenvalue weighted by Gasteiger charge is -2.27. The zero-order chi connectivity index (χ0) is 21.9. The van der Waals surface area contributed by atoms with E-state index in [1.54, 1.807) is 42.2 Å². The summed E-state index contributed by atoms with van der Waals surface area (Å²) in [5.41, 5.74) is 0.0498. The van der Waals surface area contributed by atoms with Gasteiger partial charge in [0.25, 0.3) is 10.0 Å². The Morgan fingerprint density at radius 3 is 2.43 bits per heavy atom. The van der Waals surface area contributed by atoms with E-state index in [0.717, 1.165) is 0 Å². The van der Waals surface area contributed by atoms with Gasteiger partial charge in [-0.05, 0) is 62.2 Å². The molecule has 0 unspecified atom stereocenters. The van der Waals surface area contributed by atoms with Crippen LogP contribution in [0.5, 0.6) is 0 Å². The molecule has 3 rings (SSSR count). The van der Waals surface area contributed by atoms with E-state index in [9.17, 15) is 17.6 Å². The average molecular weight is 436 g/mol. The second-order valence-electron chi connectivity index (χ2n) is 7.67. The fourth-order valence-electron chi connectivity index (χ4n) is 3.16. The minimum absolute atomic E-state index is 0.0804. The molecule has 1 heterocycles. The molecule has 0 aromatic heterocycles. The van der Waals surface area contributed by atoms with Gasteiger partial charge in [0.15, 0.2) is 0 Å². The quantitative estimate of drug-likeness (QED) is 0.746. The second-order valence-corrected chi connectivity index (χ2v) is 9.32. The summed E-state index contributed by atoms with van der Waals surface area (Å²) in [7, 11) is -3.88. The average Bonchev–Trinajstić information content (AvgIpc) is 2.67. The molecule has 162 valence electrons. The molecule has 1 saturated heterocycles. The highest BCUT2D eigenvalue weighted by Gasteiger charge is 2.22. The van der Waals surface area contributed by atoms with Crippen molar-refractivity contribution in [1.29, 1.82) is 0 Å². The molecule has 30 heavy (non-hydrogen) atoms. The van der Waals surface area contributed by atoms with Crippen molar-refractivity contribution in [3.63, 3.8) is 0 Å². The highest BCUT2D eigenvalue weighted by Crippen LogP contribution is 2.28. The predicted octanol–water partition coefficient (Wildman–Crippen LogP) is 3.86. The number of sulfonamides is 1. The van der Waals surface area contributed by atoms with Gasteiger partial charge in [-0.15, -0.1) is 0 Å². The maximum Gasteiger partial charge on any atom is 0.321 e. The molecule has 2 amide bonds. The maximum absolute atomic E-state index is 14.2. The number of amides is 2. The summed E-state index contributed by atoms with van der Waals surface area (Å²) >= 11 is 0. The lowest BCUT2D eigenvalue weighted by molar-refractivity contribution is 0.0564. The number of ether oxygens (including phenoxy) is 1. The van der Waals surface area contributed by atoms with Gasteiger partial charge in [-0.3, -0.25) is 4.72 Å². The molecule has 1 fully saturated rings. The van der Waals surface area contributed by atoms with Crippen LogP contribution in [0.25, 0.3) is 0 Å². The van der Waals surface area contributed by atoms with Crippen LogP contribution in [-0.2, 0) is 20.4 Å². The van der Waals surface area contributed by atoms with Gasteiger partial charge < -0.3 is 15.0 Å². The first kappa shape index (κ1) is 22.0. The van der Waals surface area contributed by atoms with E-state index in [2.05, 4.69) is 10.0 Å². The molecule has 0 bridgehead atoms. The van der Waals surface area contributed by atoms with Crippen molar-refractivity contribution in [3.05, 3.63) is 53.6 Å². The maximum atomic E-state index is 14.2. The largest absolute Gasteiger partial charge is 0.378 e. The van der Waals surface area contributed by atoms with Gasteiger partial charge in [0.05, 0.1) is 18.1 Å². The Kier molecular flexibility index (Phi) is 6.33. The molecule has 2 aromatic carbocycles. The fraction of sp³-hybridized carbons (Fsp3) is 0.381. The number of hydrogen-bond donors (Lipinski definition) is 2. The van der Waals surface area contributed by atoms with E-state index < -0.39 is 15.7 Å². The third-order valence-electron chi connectivity index (χ3n) is 4.82. The summed E-state index contributed by atoms with van der Waals surface area (Å²) in [6.07, 6.45) is 0. The molecule has 1 aliphatic heterocycles. The monoisotopic (exact) mass is 435 g/mol. The van der Waals surface area contributed by atoms with Gasteiger partial charge in [-0.2, -0.15) is 0 Å². The molecule has 2 N–H and O–H groups in total. The molecule has 0 saturated carbocycles. The molecule has 7 nitrogen and oxygen atoms in total. The normalized spacial score (nSPS) is 15.0. The standard InChI is InChI=1S/C21H26FN3O4S/c1-15-13-17(23-20(26)25-9-11-29-12-10-25)7-8-19(15)30(27,28)24-18-6-4-5-16(14-18)21(2,3)22/h4-8,13-14,24H,9-12H2,1-3H3,(H,23,26). The van der Waals surface area contributed by atoms with Crippen LogP contribution >= 0.6 is 0 Å². The van der Waals surface area contributed by atoms with Crippen LogP contribution in [-0.4, -0.2) is 45.7 Å². The van der Waals surface area contributed by atoms with Gasteiger partial charge in [0, 0.05) is 24.5 Å². The van der Waals surface area contributed by atoms with Crippen LogP contribution in [0.1, 0.15) is 25.0 Å². The number of carbonyl (C=O) groups excluding carboxylic acids is 1. The van der Waals surface area contributed by atoms with Crippen LogP contribution in [0, 0.1) is 6.92 Å². The second kappa shape index (κ2) is 8.61. The summed E-state index contributed by atoms with van der Waals surface area (Å²) < 4.78 is 47.6. The number of hydrogen-bond acceptors (Lipinski definition) is 4. The lowest BCUT2D eigenvalue weighted by Crippen LogP contribution is -2.43. The summed E-state index contributed by atoms with van der Waals surface area (Å²) in [6.45, 7) is 6.49. The van der Waals surface area contributed by atoms with Crippen LogP contribution in [0.15, 0.2) is 47.4 Å². The number of carbonyl (C=O) groups is 1. The van der Waals surface area contributed by atoms with E-state index in [0.29, 0.717) is 43.1 Å². The number of morpholine rings is 1. The van der Waals surface area contributed by atoms with Crippen molar-refractivity contribution in [2.24, 2.45) is 0 Å². The smallest absolute Gasteiger partial charge is 0.321 e. The topological polar surface area (TPSA) is 87.7 Å². The number of benzene rings is 2. The Morgan fingerprint density at radius 2 is 1.80 bits per heavy atom. The van der Waals surface area contributed by atoms with Crippen LogP contribution in [0.2, 0.25) is 0 Å². The number of halogens is 1. The summed E-state index contributed by atoms with van der Waals surface area (Å²) in [5.74, 6) is 0. The summed E-state index contributed by atoms with van der Waals surface area (Å²) in [6, 6.07) is 10.6. The van der Waals surface area contributed by atoms with Crippen molar-refractivity contribution in [3.8, 4) is 0 Å². The van der Waals surface area contributed by atoms with Crippen molar-refractivity contribution < 1.29 is 22.3 Å². The first-order valence-electron chi connectivity index (χ1n) is 9.63. The first-order chi connectivity index (χ1) is 14.1. The van der Waals surface area contributed by atoms with Gasteiger partial charge in [-0.25, -0.2) is 17.6 Å². The minimum atomic E-state index is -3.88.